The van der Waals surface area contributed by atoms with Crippen molar-refractivity contribution in [3.63, 3.8) is 0 Å². The lowest BCUT2D eigenvalue weighted by atomic mass is 10.1. The summed E-state index contributed by atoms with van der Waals surface area (Å²) in [6.45, 7) is 3.39. The Morgan fingerprint density at radius 3 is 2.29 bits per heavy atom. The molecule has 12 heteroatoms. The third kappa shape index (κ3) is 7.22. The highest BCUT2D eigenvalue weighted by atomic mass is 32.2. The molecule has 0 radical (unpaired) electrons. The van der Waals surface area contributed by atoms with E-state index in [1.54, 1.807) is 6.07 Å². The van der Waals surface area contributed by atoms with Crippen LogP contribution in [0.3, 0.4) is 0 Å². The topological polar surface area (TPSA) is 140 Å². The normalized spacial score (nSPS) is 10.8. The third-order valence-corrected chi connectivity index (χ3v) is 6.30. The van der Waals surface area contributed by atoms with Crippen LogP contribution in [0.15, 0.2) is 71.6 Å². The molecule has 10 nitrogen and oxygen atoms in total. The largest absolute Gasteiger partial charge is 0.484 e. The molecule has 35 heavy (non-hydrogen) atoms. The summed E-state index contributed by atoms with van der Waals surface area (Å²) >= 11 is 5.10. The predicted molar refractivity (Wildman–Crippen MR) is 136 cm³/mol. The molecule has 182 valence electrons. The fourth-order valence-corrected chi connectivity index (χ4v) is 4.35. The highest BCUT2D eigenvalue weighted by molar-refractivity contribution is 7.92. The summed E-state index contributed by atoms with van der Waals surface area (Å²) in [7, 11) is -3.79. The number of hydrogen-bond acceptors (Lipinski definition) is 7. The molecule has 0 aliphatic rings. The zero-order valence-corrected chi connectivity index (χ0v) is 20.4. The maximum atomic E-state index is 12.7. The molecule has 0 aliphatic heterocycles. The van der Waals surface area contributed by atoms with Crippen LogP contribution in [0.1, 0.15) is 11.1 Å². The molecule has 3 rings (SSSR count). The number of hydrogen-bond donors (Lipinski definition) is 3. The molecular formula is C23H22N4O6S2. The number of benzene rings is 3. The van der Waals surface area contributed by atoms with E-state index in [9.17, 15) is 23.3 Å². The fourth-order valence-electron chi connectivity index (χ4n) is 2.99. The summed E-state index contributed by atoms with van der Waals surface area (Å²) in [5.41, 5.74) is 2.72. The number of sulfonamides is 1. The zero-order valence-electron chi connectivity index (χ0n) is 18.8. The highest BCUT2D eigenvalue weighted by Gasteiger charge is 2.15. The van der Waals surface area contributed by atoms with Crippen molar-refractivity contribution in [3.8, 4) is 5.75 Å². The first kappa shape index (κ1) is 25.6. The number of nitrogens with zero attached hydrogens (tertiary/aromatic N) is 1. The van der Waals surface area contributed by atoms with Gasteiger partial charge in [-0.05, 0) is 74.1 Å². The van der Waals surface area contributed by atoms with E-state index in [0.717, 1.165) is 11.1 Å². The van der Waals surface area contributed by atoms with Gasteiger partial charge < -0.3 is 10.1 Å². The number of amides is 1. The van der Waals surface area contributed by atoms with Crippen molar-refractivity contribution in [1.29, 1.82) is 0 Å². The van der Waals surface area contributed by atoms with Crippen LogP contribution >= 0.6 is 12.2 Å². The Morgan fingerprint density at radius 1 is 1.03 bits per heavy atom. The second-order valence-electron chi connectivity index (χ2n) is 7.49. The van der Waals surface area contributed by atoms with Crippen molar-refractivity contribution in [2.75, 3.05) is 16.6 Å². The number of thiocarbonyl (C=S) groups is 1. The molecule has 0 saturated carbocycles. The summed E-state index contributed by atoms with van der Waals surface area (Å²) in [4.78, 5) is 22.2. The molecule has 0 unspecified atom stereocenters. The third-order valence-electron chi connectivity index (χ3n) is 4.72. The van der Waals surface area contributed by atoms with Gasteiger partial charge in [0, 0.05) is 17.8 Å². The minimum atomic E-state index is -3.79. The van der Waals surface area contributed by atoms with E-state index < -0.39 is 20.9 Å². The van der Waals surface area contributed by atoms with Crippen LogP contribution in [-0.2, 0) is 14.8 Å². The first-order valence-corrected chi connectivity index (χ1v) is 12.1. The number of rotatable bonds is 8. The Bertz CT molecular complexity index is 1360. The Balaban J connectivity index is 1.52. The van der Waals surface area contributed by atoms with Gasteiger partial charge >= 0.3 is 0 Å². The highest BCUT2D eigenvalue weighted by Crippen LogP contribution is 2.22. The maximum absolute atomic E-state index is 12.7. The summed E-state index contributed by atoms with van der Waals surface area (Å²) in [5.74, 6) is -0.256. The van der Waals surface area contributed by atoms with Gasteiger partial charge in [0.15, 0.2) is 11.7 Å². The van der Waals surface area contributed by atoms with Crippen LogP contribution in [0.25, 0.3) is 0 Å². The summed E-state index contributed by atoms with van der Waals surface area (Å²) in [6.07, 6.45) is 0. The Hall–Kier alpha value is -4.03. The van der Waals surface area contributed by atoms with Crippen LogP contribution in [0, 0.1) is 24.0 Å². The van der Waals surface area contributed by atoms with Crippen LogP contribution < -0.4 is 20.1 Å². The van der Waals surface area contributed by atoms with Crippen molar-refractivity contribution in [2.24, 2.45) is 0 Å². The SMILES string of the molecule is Cc1ccc(NS(=O)(=O)c2ccc(NC(=S)NC(=O)COc3ccc([N+](=O)[O-])cc3)cc2)c(C)c1. The van der Waals surface area contributed by atoms with Crippen molar-refractivity contribution >= 4 is 50.3 Å². The first-order valence-electron chi connectivity index (χ1n) is 10.2. The van der Waals surface area contributed by atoms with Crippen molar-refractivity contribution in [2.45, 2.75) is 18.7 Å². The molecule has 3 N–H and O–H groups in total. The van der Waals surface area contributed by atoms with Gasteiger partial charge in [0.2, 0.25) is 0 Å². The van der Waals surface area contributed by atoms with Crippen molar-refractivity contribution in [3.05, 3.63) is 88.0 Å². The van der Waals surface area contributed by atoms with Gasteiger partial charge in [-0.1, -0.05) is 17.7 Å². The molecule has 0 spiro atoms. The van der Waals surface area contributed by atoms with Gasteiger partial charge in [0.1, 0.15) is 5.75 Å². The molecule has 0 atom stereocenters. The van der Waals surface area contributed by atoms with E-state index in [2.05, 4.69) is 15.4 Å². The minimum Gasteiger partial charge on any atom is -0.484 e. The molecular weight excluding hydrogens is 492 g/mol. The fraction of sp³-hybridized carbons (Fsp3) is 0.130. The van der Waals surface area contributed by atoms with E-state index >= 15 is 0 Å². The first-order chi connectivity index (χ1) is 16.5. The molecule has 0 aromatic heterocycles. The number of carbonyl (C=O) groups excluding carboxylic acids is 1. The number of carbonyl (C=O) groups is 1. The number of nitro groups is 1. The summed E-state index contributed by atoms with van der Waals surface area (Å²) < 4.78 is 33.2. The number of ether oxygens (including phenoxy) is 1. The number of aryl methyl sites for hydroxylation is 2. The van der Waals surface area contributed by atoms with Gasteiger partial charge in [-0.2, -0.15) is 0 Å². The number of nitro benzene ring substituents is 1. The van der Waals surface area contributed by atoms with Gasteiger partial charge in [-0.25, -0.2) is 8.42 Å². The molecule has 0 bridgehead atoms. The van der Waals surface area contributed by atoms with Crippen LogP contribution in [0.5, 0.6) is 5.75 Å². The Morgan fingerprint density at radius 2 is 1.69 bits per heavy atom. The molecule has 0 heterocycles. The van der Waals surface area contributed by atoms with E-state index in [1.807, 2.05) is 26.0 Å². The van der Waals surface area contributed by atoms with E-state index in [-0.39, 0.29) is 28.1 Å². The lowest BCUT2D eigenvalue weighted by Gasteiger charge is -2.13. The quantitative estimate of drug-likeness (QED) is 0.234. The van der Waals surface area contributed by atoms with Crippen LogP contribution in [0.4, 0.5) is 17.1 Å². The van der Waals surface area contributed by atoms with Crippen molar-refractivity contribution < 1.29 is 22.9 Å². The standard InChI is InChI=1S/C23H22N4O6S2/c1-15-3-12-21(16(2)13-15)26-35(31,32)20-10-4-17(5-11-20)24-23(34)25-22(28)14-33-19-8-6-18(7-9-19)27(29)30/h3-13,26H,14H2,1-2H3,(H2,24,25,28,34). The monoisotopic (exact) mass is 514 g/mol. The molecule has 0 aliphatic carbocycles. The van der Waals surface area contributed by atoms with Gasteiger partial charge in [-0.3, -0.25) is 24.9 Å². The molecule has 3 aromatic rings. The van der Waals surface area contributed by atoms with E-state index in [1.165, 1.54) is 48.5 Å². The van der Waals surface area contributed by atoms with E-state index in [0.29, 0.717) is 11.4 Å². The van der Waals surface area contributed by atoms with Crippen LogP contribution in [-0.4, -0.2) is 31.0 Å². The average Bonchev–Trinajstić information content (AvgIpc) is 2.80. The predicted octanol–water partition coefficient (Wildman–Crippen LogP) is 3.90. The maximum Gasteiger partial charge on any atom is 0.269 e. The summed E-state index contributed by atoms with van der Waals surface area (Å²) in [5, 5.41) is 15.9. The number of anilines is 2. The second kappa shape index (κ2) is 10.9. The smallest absolute Gasteiger partial charge is 0.269 e. The molecule has 0 saturated heterocycles. The van der Waals surface area contributed by atoms with Gasteiger partial charge in [-0.15, -0.1) is 0 Å². The van der Waals surface area contributed by atoms with Gasteiger partial charge in [0.25, 0.3) is 21.6 Å². The minimum absolute atomic E-state index is 0.00804. The lowest BCUT2D eigenvalue weighted by molar-refractivity contribution is -0.384. The van der Waals surface area contributed by atoms with E-state index in [4.69, 9.17) is 17.0 Å². The van der Waals surface area contributed by atoms with Crippen molar-refractivity contribution in [1.82, 2.24) is 5.32 Å². The number of nitrogens with one attached hydrogen (secondary N) is 3. The second-order valence-corrected chi connectivity index (χ2v) is 9.58. The average molecular weight is 515 g/mol. The molecule has 3 aromatic carbocycles. The lowest BCUT2D eigenvalue weighted by Crippen LogP contribution is -2.37. The Kier molecular flexibility index (Phi) is 7.99. The van der Waals surface area contributed by atoms with Gasteiger partial charge in [0.05, 0.1) is 15.5 Å². The van der Waals surface area contributed by atoms with Crippen LogP contribution in [0.2, 0.25) is 0 Å². The number of non-ortho nitro benzene ring substituents is 1. The Labute approximate surface area is 207 Å². The molecule has 0 fully saturated rings. The zero-order chi connectivity index (χ0) is 25.6. The summed E-state index contributed by atoms with van der Waals surface area (Å²) in [6, 6.07) is 16.6. The molecule has 1 amide bonds.